The van der Waals surface area contributed by atoms with Crippen molar-refractivity contribution in [2.45, 2.75) is 43.8 Å². The summed E-state index contributed by atoms with van der Waals surface area (Å²) >= 11 is 6.13. The number of thiol groups is 1. The average molecular weight is 443 g/mol. The van der Waals surface area contributed by atoms with Crippen LogP contribution in [0.3, 0.4) is 0 Å². The van der Waals surface area contributed by atoms with Crippen molar-refractivity contribution >= 4 is 22.3 Å². The molecule has 0 amide bonds. The van der Waals surface area contributed by atoms with E-state index in [1.807, 2.05) is 18.2 Å². The second kappa shape index (κ2) is 9.14. The quantitative estimate of drug-likeness (QED) is 0.581. The summed E-state index contributed by atoms with van der Waals surface area (Å²) in [5.74, 6) is 0.199. The van der Waals surface area contributed by atoms with Crippen LogP contribution in [0.1, 0.15) is 49.1 Å². The van der Waals surface area contributed by atoms with Gasteiger partial charge in [0.25, 0.3) is 5.56 Å². The molecule has 1 aliphatic rings. The van der Waals surface area contributed by atoms with Crippen molar-refractivity contribution in [2.75, 3.05) is 0 Å². The van der Waals surface area contributed by atoms with Gasteiger partial charge in [0.15, 0.2) is 0 Å². The summed E-state index contributed by atoms with van der Waals surface area (Å²) in [6, 6.07) is 14.5. The highest BCUT2D eigenvalue weighted by atomic mass is 35.5. The minimum absolute atomic E-state index is 0.0136. The Hall–Kier alpha value is -2.44. The number of halogens is 1. The summed E-state index contributed by atoms with van der Waals surface area (Å²) in [5, 5.41) is 4.99. The highest BCUT2D eigenvalue weighted by Crippen LogP contribution is 2.36. The molecule has 0 unspecified atom stereocenters. The molecule has 3 aromatic rings. The van der Waals surface area contributed by atoms with Crippen molar-refractivity contribution in [3.8, 4) is 16.8 Å². The molecule has 0 radical (unpaired) electrons. The number of hydrogen-bond donors (Lipinski definition) is 1. The van der Waals surface area contributed by atoms with Gasteiger partial charge in [-0.15, -0.1) is 0 Å². The van der Waals surface area contributed by atoms with Crippen molar-refractivity contribution in [3.63, 3.8) is 0 Å². The van der Waals surface area contributed by atoms with E-state index in [1.165, 1.54) is 11.1 Å². The van der Waals surface area contributed by atoms with Gasteiger partial charge < -0.3 is 0 Å². The van der Waals surface area contributed by atoms with Crippen LogP contribution in [-0.2, 0) is 16.5 Å². The molecular weight excluding hydrogens is 420 g/mol. The van der Waals surface area contributed by atoms with Gasteiger partial charge in [-0.25, -0.2) is 8.42 Å². The first-order valence-corrected chi connectivity index (χ1v) is 11.9. The summed E-state index contributed by atoms with van der Waals surface area (Å²) in [5.41, 5.74) is 3.74. The van der Waals surface area contributed by atoms with Gasteiger partial charge >= 0.3 is 0 Å². The Morgan fingerprint density at radius 2 is 1.77 bits per heavy atom. The van der Waals surface area contributed by atoms with E-state index in [0.29, 0.717) is 10.7 Å². The summed E-state index contributed by atoms with van der Waals surface area (Å²) < 4.78 is 23.4. The molecule has 2 aromatic carbocycles. The van der Waals surface area contributed by atoms with Crippen LogP contribution in [-0.4, -0.2) is 18.2 Å². The molecule has 156 valence electrons. The zero-order valence-electron chi connectivity index (χ0n) is 16.5. The lowest BCUT2D eigenvalue weighted by Gasteiger charge is -2.24. The van der Waals surface area contributed by atoms with Crippen LogP contribution in [0.25, 0.3) is 16.8 Å². The second-order valence-electron chi connectivity index (χ2n) is 7.69. The lowest BCUT2D eigenvalue weighted by atomic mass is 9.82. The molecule has 30 heavy (non-hydrogen) atoms. The molecule has 1 fully saturated rings. The van der Waals surface area contributed by atoms with Gasteiger partial charge in [-0.2, -0.15) is 9.78 Å². The predicted octanol–water partition coefficient (Wildman–Crippen LogP) is 4.71. The van der Waals surface area contributed by atoms with Gasteiger partial charge in [0.2, 0.25) is 0 Å². The Morgan fingerprint density at radius 1 is 1.03 bits per heavy atom. The Morgan fingerprint density at radius 3 is 2.43 bits per heavy atom. The Balaban J connectivity index is 1.83. The van der Waals surface area contributed by atoms with Gasteiger partial charge in [-0.1, -0.05) is 61.2 Å². The molecule has 1 aliphatic carbocycles. The van der Waals surface area contributed by atoms with Crippen LogP contribution in [0, 0.1) is 0 Å². The number of rotatable bonds is 5. The van der Waals surface area contributed by atoms with Gasteiger partial charge in [-0.3, -0.25) is 4.79 Å². The van der Waals surface area contributed by atoms with E-state index in [0.717, 1.165) is 47.9 Å². The third-order valence-corrected chi connectivity index (χ3v) is 6.52. The summed E-state index contributed by atoms with van der Waals surface area (Å²) in [7, 11) is -2.47. The fraction of sp³-hybridized carbons (Fsp3) is 0.304. The van der Waals surface area contributed by atoms with Gasteiger partial charge in [-0.05, 0) is 48.1 Å². The molecule has 0 atom stereocenters. The summed E-state index contributed by atoms with van der Waals surface area (Å²) in [4.78, 5) is 13.6. The van der Waals surface area contributed by atoms with E-state index in [-0.39, 0.29) is 17.2 Å². The van der Waals surface area contributed by atoms with E-state index in [1.54, 1.807) is 36.5 Å². The normalized spacial score (nSPS) is 14.9. The molecule has 0 bridgehead atoms. The average Bonchev–Trinajstić information content (AvgIpc) is 2.74. The largest absolute Gasteiger partial charge is 0.275 e. The molecular formula is C23H23ClN2O3S. The van der Waals surface area contributed by atoms with Crippen LogP contribution in [0.4, 0.5) is 0 Å². The first-order chi connectivity index (χ1) is 14.5. The van der Waals surface area contributed by atoms with Gasteiger partial charge in [0.05, 0.1) is 17.6 Å². The van der Waals surface area contributed by atoms with E-state index < -0.39 is 10.7 Å². The highest BCUT2D eigenvalue weighted by Gasteiger charge is 2.24. The fourth-order valence-electron chi connectivity index (χ4n) is 4.21. The smallest absolute Gasteiger partial charge is 0.267 e. The topological polar surface area (TPSA) is 69.0 Å². The second-order valence-corrected chi connectivity index (χ2v) is 9.11. The maximum Gasteiger partial charge on any atom is 0.275 e. The molecule has 0 saturated heterocycles. The van der Waals surface area contributed by atoms with E-state index in [2.05, 4.69) is 5.10 Å². The van der Waals surface area contributed by atoms with Crippen molar-refractivity contribution in [1.82, 2.24) is 9.78 Å². The highest BCUT2D eigenvalue weighted by molar-refractivity contribution is 7.71. The van der Waals surface area contributed by atoms with E-state index >= 15 is 0 Å². The van der Waals surface area contributed by atoms with Crippen molar-refractivity contribution in [3.05, 3.63) is 81.2 Å². The number of nitrogens with zero attached hydrogens (tertiary/aromatic N) is 2. The molecule has 5 nitrogen and oxygen atoms in total. The van der Waals surface area contributed by atoms with Crippen molar-refractivity contribution in [2.24, 2.45) is 0 Å². The third kappa shape index (κ3) is 4.50. The third-order valence-electron chi connectivity index (χ3n) is 5.66. The number of hydrogen-bond acceptors (Lipinski definition) is 4. The Bertz CT molecular complexity index is 1170. The molecule has 1 heterocycles. The SMILES string of the molecule is O=c1c(C2CCCCC2)c(-c2ccc(C[SH](=O)=O)cc2)cnn1-c1cccc(Cl)c1. The maximum absolute atomic E-state index is 13.6. The lowest BCUT2D eigenvalue weighted by Crippen LogP contribution is -2.28. The van der Waals surface area contributed by atoms with Crippen LogP contribution in [0.2, 0.25) is 5.02 Å². The molecule has 4 rings (SSSR count). The minimum Gasteiger partial charge on any atom is -0.267 e. The molecule has 1 aromatic heterocycles. The van der Waals surface area contributed by atoms with E-state index in [9.17, 15) is 13.2 Å². The van der Waals surface area contributed by atoms with Crippen molar-refractivity contribution < 1.29 is 8.42 Å². The molecule has 1 saturated carbocycles. The molecule has 7 heteroatoms. The summed E-state index contributed by atoms with van der Waals surface area (Å²) in [6.07, 6.45) is 7.13. The molecule has 0 spiro atoms. The standard InChI is InChI=1S/C23H23ClN2O3S/c24-19-7-4-8-20(13-19)26-23(27)22(18-5-2-1-3-6-18)21(14-25-26)17-11-9-16(10-12-17)15-30(28)29/h4,7-14,18,30H,1-3,5-6,15H2. The first-order valence-electron chi connectivity index (χ1n) is 10.1. The first kappa shape index (κ1) is 20.8. The summed E-state index contributed by atoms with van der Waals surface area (Å²) in [6.45, 7) is 0. The maximum atomic E-state index is 13.6. The van der Waals surface area contributed by atoms with E-state index in [4.69, 9.17) is 11.6 Å². The Labute approximate surface area is 182 Å². The lowest BCUT2D eigenvalue weighted by molar-refractivity contribution is 0.439. The van der Waals surface area contributed by atoms with Crippen molar-refractivity contribution in [1.29, 1.82) is 0 Å². The predicted molar refractivity (Wildman–Crippen MR) is 120 cm³/mol. The van der Waals surface area contributed by atoms with Crippen LogP contribution < -0.4 is 5.56 Å². The number of benzene rings is 2. The zero-order valence-corrected chi connectivity index (χ0v) is 18.1. The van der Waals surface area contributed by atoms with Gasteiger partial charge in [0, 0.05) is 16.1 Å². The minimum atomic E-state index is -2.47. The zero-order chi connectivity index (χ0) is 21.1. The van der Waals surface area contributed by atoms with Crippen LogP contribution >= 0.6 is 11.6 Å². The monoisotopic (exact) mass is 442 g/mol. The van der Waals surface area contributed by atoms with Crippen LogP contribution in [0.15, 0.2) is 59.5 Å². The molecule has 0 N–H and O–H groups in total. The van der Waals surface area contributed by atoms with Gasteiger partial charge in [0.1, 0.15) is 10.7 Å². The fourth-order valence-corrected chi connectivity index (χ4v) is 4.91. The Kier molecular flexibility index (Phi) is 6.35. The molecule has 0 aliphatic heterocycles. The number of aromatic nitrogens is 2. The van der Waals surface area contributed by atoms with Crippen LogP contribution in [0.5, 0.6) is 0 Å².